The molecule has 4 heteroatoms. The number of carboxylic acid groups (broad SMARTS) is 1. The molecule has 0 aromatic rings. The van der Waals surface area contributed by atoms with Crippen LogP contribution in [0.3, 0.4) is 0 Å². The number of carboxylic acids is 1. The van der Waals surface area contributed by atoms with Gasteiger partial charge in [-0.2, -0.15) is 0 Å². The van der Waals surface area contributed by atoms with Crippen molar-refractivity contribution in [2.45, 2.75) is 97.3 Å². The molecule has 6 aliphatic carbocycles. The van der Waals surface area contributed by atoms with Gasteiger partial charge in [0.1, 0.15) is 0 Å². The molecule has 0 amide bonds. The van der Waals surface area contributed by atoms with E-state index in [9.17, 15) is 14.7 Å². The summed E-state index contributed by atoms with van der Waals surface area (Å²) >= 11 is 0. The number of carbonyl (C=O) groups is 2. The predicted molar refractivity (Wildman–Crippen MR) is 124 cm³/mol. The average molecular weight is 445 g/mol. The van der Waals surface area contributed by atoms with Gasteiger partial charge in [0.25, 0.3) is 0 Å². The monoisotopic (exact) mass is 444 g/mol. The maximum atomic E-state index is 13.2. The van der Waals surface area contributed by atoms with Gasteiger partial charge in [-0.25, -0.2) is 0 Å². The Balaban J connectivity index is 1.17. The van der Waals surface area contributed by atoms with Gasteiger partial charge in [-0.3, -0.25) is 9.59 Å². The highest BCUT2D eigenvalue weighted by molar-refractivity contribution is 5.73. The first kappa shape index (κ1) is 22.7. The molecule has 0 aliphatic heterocycles. The van der Waals surface area contributed by atoms with E-state index in [2.05, 4.69) is 6.92 Å². The van der Waals surface area contributed by atoms with Crippen molar-refractivity contribution < 1.29 is 19.4 Å². The lowest BCUT2D eigenvalue weighted by atomic mass is 9.49. The molecule has 6 saturated carbocycles. The van der Waals surface area contributed by atoms with Crippen molar-refractivity contribution >= 4 is 11.9 Å². The number of hydrogen-bond acceptors (Lipinski definition) is 3. The first-order valence-electron chi connectivity index (χ1n) is 13.7. The first-order chi connectivity index (χ1) is 15.3. The van der Waals surface area contributed by atoms with Gasteiger partial charge in [0.15, 0.2) is 0 Å². The highest BCUT2D eigenvalue weighted by Crippen LogP contribution is 2.61. The number of hydrogen-bond donors (Lipinski definition) is 1. The van der Waals surface area contributed by atoms with Gasteiger partial charge in [-0.1, -0.05) is 13.8 Å². The van der Waals surface area contributed by atoms with Crippen LogP contribution >= 0.6 is 0 Å². The Labute approximate surface area is 194 Å². The van der Waals surface area contributed by atoms with Crippen LogP contribution in [0.2, 0.25) is 0 Å². The Kier molecular flexibility index (Phi) is 6.35. The molecule has 0 radical (unpaired) electrons. The number of aliphatic carboxylic acids is 1. The average Bonchev–Trinajstić information content (AvgIpc) is 3.31. The SMILES string of the molecule is CC(CCC(CC1C2CCC(C2)C1C)C(=O)OCCC12CC3CC(CC(C3)C1)C2)C(=O)O. The van der Waals surface area contributed by atoms with Gasteiger partial charge >= 0.3 is 11.9 Å². The van der Waals surface area contributed by atoms with Gasteiger partial charge in [-0.15, -0.1) is 0 Å². The largest absolute Gasteiger partial charge is 0.481 e. The van der Waals surface area contributed by atoms with Crippen LogP contribution in [0.1, 0.15) is 97.3 Å². The number of esters is 1. The summed E-state index contributed by atoms with van der Waals surface area (Å²) in [5, 5.41) is 9.32. The smallest absolute Gasteiger partial charge is 0.308 e. The molecule has 6 aliphatic rings. The molecule has 0 heterocycles. The third-order valence-corrected chi connectivity index (χ3v) is 10.8. The second kappa shape index (κ2) is 8.95. The van der Waals surface area contributed by atoms with Crippen molar-refractivity contribution in [3.63, 3.8) is 0 Å². The summed E-state index contributed by atoms with van der Waals surface area (Å²) in [4.78, 5) is 24.6. The number of carbonyl (C=O) groups excluding carboxylic acids is 1. The molecule has 0 spiro atoms. The van der Waals surface area contributed by atoms with E-state index in [-0.39, 0.29) is 11.9 Å². The predicted octanol–water partition coefficient (Wildman–Crippen LogP) is 6.33. The zero-order chi connectivity index (χ0) is 22.5. The van der Waals surface area contributed by atoms with Crippen LogP contribution in [0.5, 0.6) is 0 Å². The van der Waals surface area contributed by atoms with Gasteiger partial charge < -0.3 is 9.84 Å². The normalized spacial score (nSPS) is 43.4. The van der Waals surface area contributed by atoms with E-state index >= 15 is 0 Å². The maximum Gasteiger partial charge on any atom is 0.308 e. The molecule has 6 atom stereocenters. The van der Waals surface area contributed by atoms with Crippen LogP contribution in [0.25, 0.3) is 0 Å². The molecule has 32 heavy (non-hydrogen) atoms. The van der Waals surface area contributed by atoms with Crippen molar-refractivity contribution in [1.29, 1.82) is 0 Å². The van der Waals surface area contributed by atoms with Crippen LogP contribution in [0.4, 0.5) is 0 Å². The minimum atomic E-state index is -0.757. The lowest BCUT2D eigenvalue weighted by Gasteiger charge is -2.57. The lowest BCUT2D eigenvalue weighted by molar-refractivity contribution is -0.153. The Morgan fingerprint density at radius 2 is 1.59 bits per heavy atom. The van der Waals surface area contributed by atoms with E-state index in [1.54, 1.807) is 6.92 Å². The minimum absolute atomic E-state index is 0.0395. The van der Waals surface area contributed by atoms with Crippen LogP contribution in [0, 0.1) is 58.7 Å². The lowest BCUT2D eigenvalue weighted by Crippen LogP contribution is -2.46. The zero-order valence-electron chi connectivity index (χ0n) is 20.3. The van der Waals surface area contributed by atoms with E-state index in [0.29, 0.717) is 36.7 Å². The Morgan fingerprint density at radius 3 is 2.16 bits per heavy atom. The molecular formula is C28H44O4. The summed E-state index contributed by atoms with van der Waals surface area (Å²) < 4.78 is 5.98. The van der Waals surface area contributed by atoms with E-state index < -0.39 is 11.9 Å². The highest BCUT2D eigenvalue weighted by Gasteiger charge is 2.51. The molecule has 180 valence electrons. The van der Waals surface area contributed by atoms with E-state index in [0.717, 1.165) is 42.4 Å². The fourth-order valence-corrected chi connectivity index (χ4v) is 9.42. The van der Waals surface area contributed by atoms with Crippen molar-refractivity contribution in [1.82, 2.24) is 0 Å². The van der Waals surface area contributed by atoms with Crippen LogP contribution in [-0.4, -0.2) is 23.7 Å². The molecule has 6 bridgehead atoms. The first-order valence-corrected chi connectivity index (χ1v) is 13.7. The molecule has 4 nitrogen and oxygen atoms in total. The van der Waals surface area contributed by atoms with Gasteiger partial charge in [0.2, 0.25) is 0 Å². The Morgan fingerprint density at radius 1 is 0.969 bits per heavy atom. The van der Waals surface area contributed by atoms with Gasteiger partial charge in [0.05, 0.1) is 18.4 Å². The van der Waals surface area contributed by atoms with Crippen LogP contribution in [-0.2, 0) is 14.3 Å². The van der Waals surface area contributed by atoms with E-state index in [1.807, 2.05) is 0 Å². The summed E-state index contributed by atoms with van der Waals surface area (Å²) in [6, 6.07) is 0. The number of rotatable bonds is 10. The van der Waals surface area contributed by atoms with Crippen molar-refractivity contribution in [3.8, 4) is 0 Å². The molecule has 6 fully saturated rings. The summed E-state index contributed by atoms with van der Waals surface area (Å²) in [7, 11) is 0. The number of fused-ring (bicyclic) bond motifs is 2. The zero-order valence-corrected chi connectivity index (χ0v) is 20.3. The second-order valence-electron chi connectivity index (χ2n) is 12.9. The summed E-state index contributed by atoms with van der Waals surface area (Å²) in [5.41, 5.74) is 0.446. The minimum Gasteiger partial charge on any atom is -0.481 e. The van der Waals surface area contributed by atoms with Gasteiger partial charge in [0, 0.05) is 0 Å². The number of ether oxygens (including phenoxy) is 1. The molecule has 6 rings (SSSR count). The topological polar surface area (TPSA) is 63.6 Å². The Bertz CT molecular complexity index is 677. The van der Waals surface area contributed by atoms with Crippen molar-refractivity contribution in [2.24, 2.45) is 58.7 Å². The fourth-order valence-electron chi connectivity index (χ4n) is 9.42. The van der Waals surface area contributed by atoms with Crippen molar-refractivity contribution in [2.75, 3.05) is 6.61 Å². The fraction of sp³-hybridized carbons (Fsp3) is 0.929. The summed E-state index contributed by atoms with van der Waals surface area (Å²) in [6.07, 6.45) is 15.6. The standard InChI is InChI=1S/C28H44O4/c1-17(26(29)30)3-4-24(13-25-18(2)22-5-6-23(25)12-22)27(31)32-8-7-28-14-19-9-20(15-28)11-21(10-19)16-28/h17-25H,3-16H2,1-2H3,(H,29,30). The molecular weight excluding hydrogens is 400 g/mol. The maximum absolute atomic E-state index is 13.2. The molecule has 0 aromatic heterocycles. The molecule has 0 saturated heterocycles. The molecule has 0 aromatic carbocycles. The quantitative estimate of drug-likeness (QED) is 0.400. The third kappa shape index (κ3) is 4.49. The van der Waals surface area contributed by atoms with Crippen LogP contribution < -0.4 is 0 Å². The molecule has 6 unspecified atom stereocenters. The highest BCUT2D eigenvalue weighted by atomic mass is 16.5. The second-order valence-corrected chi connectivity index (χ2v) is 12.9. The van der Waals surface area contributed by atoms with E-state index in [1.165, 1.54) is 57.8 Å². The van der Waals surface area contributed by atoms with Crippen molar-refractivity contribution in [3.05, 3.63) is 0 Å². The molecule has 1 N–H and O–H groups in total. The van der Waals surface area contributed by atoms with Gasteiger partial charge in [-0.05, 0) is 130 Å². The van der Waals surface area contributed by atoms with Crippen LogP contribution in [0.15, 0.2) is 0 Å². The third-order valence-electron chi connectivity index (χ3n) is 10.8. The Hall–Kier alpha value is -1.06. The van der Waals surface area contributed by atoms with E-state index in [4.69, 9.17) is 4.74 Å². The summed E-state index contributed by atoms with van der Waals surface area (Å²) in [5.74, 6) is 4.42. The summed E-state index contributed by atoms with van der Waals surface area (Å²) in [6.45, 7) is 4.71.